The van der Waals surface area contributed by atoms with E-state index in [0.29, 0.717) is 43.1 Å². The summed E-state index contributed by atoms with van der Waals surface area (Å²) in [6, 6.07) is 6.70. The van der Waals surface area contributed by atoms with Gasteiger partial charge in [0, 0.05) is 49.0 Å². The molecule has 25 heavy (non-hydrogen) atoms. The number of nitrogens with zero attached hydrogens (tertiary/aromatic N) is 1. The van der Waals surface area contributed by atoms with E-state index in [1.165, 1.54) is 0 Å². The van der Waals surface area contributed by atoms with Gasteiger partial charge in [0.15, 0.2) is 5.78 Å². The van der Waals surface area contributed by atoms with Crippen LogP contribution in [-0.4, -0.2) is 42.1 Å². The molecule has 0 bridgehead atoms. The summed E-state index contributed by atoms with van der Waals surface area (Å²) in [5.74, 6) is 0.00624. The van der Waals surface area contributed by atoms with Crippen molar-refractivity contribution in [1.82, 2.24) is 10.2 Å². The number of rotatable bonds is 7. The predicted molar refractivity (Wildman–Crippen MR) is 97.6 cm³/mol. The maximum Gasteiger partial charge on any atom is 0.223 e. The van der Waals surface area contributed by atoms with E-state index in [9.17, 15) is 14.4 Å². The van der Waals surface area contributed by atoms with Gasteiger partial charge < -0.3 is 10.2 Å². The largest absolute Gasteiger partial charge is 0.356 e. The van der Waals surface area contributed by atoms with E-state index in [-0.39, 0.29) is 36.4 Å². The first-order valence-corrected chi connectivity index (χ1v) is 9.23. The lowest BCUT2D eigenvalue weighted by Gasteiger charge is -2.31. The number of nitrogens with one attached hydrogen (secondary N) is 1. The Bertz CT molecular complexity index is 608. The molecule has 0 atom stereocenters. The van der Waals surface area contributed by atoms with E-state index in [4.69, 9.17) is 11.6 Å². The monoisotopic (exact) mass is 364 g/mol. The Balaban J connectivity index is 1.74. The van der Waals surface area contributed by atoms with Crippen LogP contribution >= 0.6 is 11.6 Å². The lowest BCUT2D eigenvalue weighted by Crippen LogP contribution is -2.43. The molecule has 1 aromatic carbocycles. The molecule has 1 aliphatic rings. The minimum Gasteiger partial charge on any atom is -0.356 e. The quantitative estimate of drug-likeness (QED) is 0.756. The molecule has 5 nitrogen and oxygen atoms in total. The third-order valence-electron chi connectivity index (χ3n) is 4.50. The SMILES string of the molecule is CCCNC(=O)C1CCN(C(=O)CCC(=O)c2ccc(Cl)cc2)CC1. The number of benzene rings is 1. The van der Waals surface area contributed by atoms with E-state index in [1.54, 1.807) is 29.2 Å². The molecule has 1 heterocycles. The van der Waals surface area contributed by atoms with Gasteiger partial charge in [0.2, 0.25) is 11.8 Å². The van der Waals surface area contributed by atoms with Crippen molar-refractivity contribution in [3.05, 3.63) is 34.9 Å². The number of carbonyl (C=O) groups is 3. The fourth-order valence-corrected chi connectivity index (χ4v) is 3.07. The Labute approximate surface area is 153 Å². The molecule has 6 heteroatoms. The van der Waals surface area contributed by atoms with Gasteiger partial charge in [-0.05, 0) is 43.5 Å². The van der Waals surface area contributed by atoms with E-state index in [2.05, 4.69) is 5.32 Å². The van der Waals surface area contributed by atoms with E-state index >= 15 is 0 Å². The first-order chi connectivity index (χ1) is 12.0. The van der Waals surface area contributed by atoms with Crippen molar-refractivity contribution in [3.63, 3.8) is 0 Å². The van der Waals surface area contributed by atoms with E-state index < -0.39 is 0 Å². The van der Waals surface area contributed by atoms with Crippen LogP contribution in [-0.2, 0) is 9.59 Å². The van der Waals surface area contributed by atoms with Crippen molar-refractivity contribution in [1.29, 1.82) is 0 Å². The molecule has 0 spiro atoms. The number of hydrogen-bond donors (Lipinski definition) is 1. The first-order valence-electron chi connectivity index (χ1n) is 8.85. The zero-order valence-electron chi connectivity index (χ0n) is 14.6. The molecular weight excluding hydrogens is 340 g/mol. The van der Waals surface area contributed by atoms with Crippen molar-refractivity contribution in [2.75, 3.05) is 19.6 Å². The number of hydrogen-bond acceptors (Lipinski definition) is 3. The van der Waals surface area contributed by atoms with Crippen LogP contribution < -0.4 is 5.32 Å². The van der Waals surface area contributed by atoms with Crippen molar-refractivity contribution < 1.29 is 14.4 Å². The van der Waals surface area contributed by atoms with Gasteiger partial charge in [0.25, 0.3) is 0 Å². The van der Waals surface area contributed by atoms with Gasteiger partial charge in [-0.25, -0.2) is 0 Å². The molecule has 1 aromatic rings. The number of piperidine rings is 1. The molecule has 1 N–H and O–H groups in total. The van der Waals surface area contributed by atoms with Gasteiger partial charge in [-0.2, -0.15) is 0 Å². The summed E-state index contributed by atoms with van der Waals surface area (Å²) in [6.45, 7) is 3.88. The van der Waals surface area contributed by atoms with Crippen LogP contribution in [0.15, 0.2) is 24.3 Å². The third kappa shape index (κ3) is 5.85. The average molecular weight is 365 g/mol. The third-order valence-corrected chi connectivity index (χ3v) is 4.75. The standard InChI is InChI=1S/C19H25ClN2O3/c1-2-11-21-19(25)15-9-12-22(13-10-15)18(24)8-7-17(23)14-3-5-16(20)6-4-14/h3-6,15H,2,7-13H2,1H3,(H,21,25). The van der Waals surface area contributed by atoms with Crippen molar-refractivity contribution in [2.24, 2.45) is 5.92 Å². The van der Waals surface area contributed by atoms with E-state index in [1.807, 2.05) is 6.92 Å². The molecule has 1 fully saturated rings. The van der Waals surface area contributed by atoms with E-state index in [0.717, 1.165) is 6.42 Å². The van der Waals surface area contributed by atoms with Crippen LogP contribution in [0.2, 0.25) is 5.02 Å². The smallest absolute Gasteiger partial charge is 0.223 e. The molecule has 0 unspecified atom stereocenters. The molecule has 0 radical (unpaired) electrons. The summed E-state index contributed by atoms with van der Waals surface area (Å²) in [7, 11) is 0. The Morgan fingerprint density at radius 2 is 1.76 bits per heavy atom. The summed E-state index contributed by atoms with van der Waals surface area (Å²) in [5, 5.41) is 3.49. The van der Waals surface area contributed by atoms with Gasteiger partial charge in [0.1, 0.15) is 0 Å². The van der Waals surface area contributed by atoms with Gasteiger partial charge >= 0.3 is 0 Å². The van der Waals surface area contributed by atoms with Crippen molar-refractivity contribution >= 4 is 29.2 Å². The van der Waals surface area contributed by atoms with Gasteiger partial charge in [-0.15, -0.1) is 0 Å². The second-order valence-corrected chi connectivity index (χ2v) is 6.81. The highest BCUT2D eigenvalue weighted by molar-refractivity contribution is 6.30. The number of halogens is 1. The minimum absolute atomic E-state index is 0.00806. The number of Topliss-reactive ketones (excluding diaryl/α,β-unsaturated/α-hetero) is 1. The van der Waals surface area contributed by atoms with Gasteiger partial charge in [-0.3, -0.25) is 14.4 Å². The normalized spacial score (nSPS) is 15.0. The zero-order chi connectivity index (χ0) is 18.2. The molecule has 0 saturated carbocycles. The lowest BCUT2D eigenvalue weighted by molar-refractivity contribution is -0.135. The van der Waals surface area contributed by atoms with Crippen LogP contribution in [0.25, 0.3) is 0 Å². The first kappa shape index (κ1) is 19.4. The second kappa shape index (κ2) is 9.56. The Kier molecular flexibility index (Phi) is 7.44. The highest BCUT2D eigenvalue weighted by Gasteiger charge is 2.27. The Hall–Kier alpha value is -1.88. The number of carbonyl (C=O) groups excluding carboxylic acids is 3. The van der Waals surface area contributed by atoms with Crippen LogP contribution in [0.3, 0.4) is 0 Å². The van der Waals surface area contributed by atoms with Crippen LogP contribution in [0, 0.1) is 5.92 Å². The maximum atomic E-state index is 12.3. The summed E-state index contributed by atoms with van der Waals surface area (Å²) >= 11 is 5.81. The molecular formula is C19H25ClN2O3. The Morgan fingerprint density at radius 1 is 1.12 bits per heavy atom. The number of ketones is 1. The highest BCUT2D eigenvalue weighted by Crippen LogP contribution is 2.19. The van der Waals surface area contributed by atoms with Crippen LogP contribution in [0.1, 0.15) is 49.4 Å². The molecule has 1 aliphatic heterocycles. The summed E-state index contributed by atoms with van der Waals surface area (Å²) in [4.78, 5) is 38.1. The van der Waals surface area contributed by atoms with Crippen molar-refractivity contribution in [2.45, 2.75) is 39.0 Å². The molecule has 1 saturated heterocycles. The summed E-state index contributed by atoms with van der Waals surface area (Å²) in [6.07, 6.45) is 2.69. The second-order valence-electron chi connectivity index (χ2n) is 6.38. The lowest BCUT2D eigenvalue weighted by atomic mass is 9.95. The Morgan fingerprint density at radius 3 is 2.36 bits per heavy atom. The number of amides is 2. The van der Waals surface area contributed by atoms with Crippen LogP contribution in [0.5, 0.6) is 0 Å². The van der Waals surface area contributed by atoms with Crippen molar-refractivity contribution in [3.8, 4) is 0 Å². The maximum absolute atomic E-state index is 12.3. The fraction of sp³-hybridized carbons (Fsp3) is 0.526. The topological polar surface area (TPSA) is 66.5 Å². The number of likely N-dealkylation sites (tertiary alicyclic amines) is 1. The minimum atomic E-state index is -0.0566. The molecule has 136 valence electrons. The molecule has 2 rings (SSSR count). The molecule has 0 aliphatic carbocycles. The molecule has 0 aromatic heterocycles. The fourth-order valence-electron chi connectivity index (χ4n) is 2.94. The average Bonchev–Trinajstić information content (AvgIpc) is 2.64. The summed E-state index contributed by atoms with van der Waals surface area (Å²) < 4.78 is 0. The van der Waals surface area contributed by atoms with Crippen LogP contribution in [0.4, 0.5) is 0 Å². The summed E-state index contributed by atoms with van der Waals surface area (Å²) in [5.41, 5.74) is 0.573. The van der Waals surface area contributed by atoms with Gasteiger partial charge in [-0.1, -0.05) is 18.5 Å². The molecule has 2 amide bonds. The highest BCUT2D eigenvalue weighted by atomic mass is 35.5. The predicted octanol–water partition coefficient (Wildman–Crippen LogP) is 3.07. The van der Waals surface area contributed by atoms with Gasteiger partial charge in [0.05, 0.1) is 0 Å². The zero-order valence-corrected chi connectivity index (χ0v) is 15.3.